The molecule has 0 amide bonds. The van der Waals surface area contributed by atoms with Crippen LogP contribution < -0.4 is 21.1 Å². The third-order valence-electron chi connectivity index (χ3n) is 4.77. The molecule has 0 bridgehead atoms. The second kappa shape index (κ2) is 11.8. The fourth-order valence-electron chi connectivity index (χ4n) is 2.96. The van der Waals surface area contributed by atoms with Gasteiger partial charge in [-0.1, -0.05) is 24.8 Å². The number of hydrogen-bond donors (Lipinski definition) is 3. The fraction of sp³-hybridized carbons (Fsp3) is 0.240. The van der Waals surface area contributed by atoms with Gasteiger partial charge >= 0.3 is 0 Å². The third-order valence-corrected chi connectivity index (χ3v) is 5.81. The van der Waals surface area contributed by atoms with Crippen LogP contribution in [0.1, 0.15) is 22.9 Å². The second-order valence-electron chi connectivity index (χ2n) is 7.74. The Labute approximate surface area is 204 Å². The number of nitriles is 1. The fourth-order valence-corrected chi connectivity index (χ4v) is 3.69. The standard InChI is InChI=1S/C25H29N7OS/c1-5-21-16-28-25(34-21)31-24(27)22-11-10-20(33-13-12-32(3)4)14-23(22)30-17(2)29-19-8-6-18(15-26)7-9-19/h6-11,14,16,29-30H,2,5,12-13H2,1,3-4H3,(H2,27,28,31). The first-order valence-corrected chi connectivity index (χ1v) is 11.6. The summed E-state index contributed by atoms with van der Waals surface area (Å²) < 4.78 is 5.90. The van der Waals surface area contributed by atoms with Gasteiger partial charge in [-0.2, -0.15) is 5.26 Å². The van der Waals surface area contributed by atoms with Crippen molar-refractivity contribution in [3.05, 3.63) is 77.1 Å². The summed E-state index contributed by atoms with van der Waals surface area (Å²) in [5.74, 6) is 1.58. The number of nitrogens with one attached hydrogen (secondary N) is 2. The summed E-state index contributed by atoms with van der Waals surface area (Å²) in [5, 5.41) is 16.1. The van der Waals surface area contributed by atoms with E-state index in [4.69, 9.17) is 15.7 Å². The molecule has 0 radical (unpaired) electrons. The van der Waals surface area contributed by atoms with Crippen molar-refractivity contribution in [3.8, 4) is 11.8 Å². The Hall–Kier alpha value is -3.87. The maximum absolute atomic E-state index is 8.99. The van der Waals surface area contributed by atoms with Gasteiger partial charge in [0, 0.05) is 34.9 Å². The molecule has 0 saturated carbocycles. The highest BCUT2D eigenvalue weighted by Crippen LogP contribution is 2.27. The number of rotatable bonds is 11. The number of ether oxygens (including phenoxy) is 1. The molecular formula is C25H29N7OS. The molecular weight excluding hydrogens is 446 g/mol. The number of nitrogens with two attached hydrogens (primary N) is 1. The van der Waals surface area contributed by atoms with Crippen LogP contribution in [0.4, 0.5) is 16.5 Å². The lowest BCUT2D eigenvalue weighted by Gasteiger charge is -2.17. The Kier molecular flexibility index (Phi) is 8.62. The van der Waals surface area contributed by atoms with Crippen LogP contribution in [0.25, 0.3) is 0 Å². The van der Waals surface area contributed by atoms with Crippen LogP contribution in [0, 0.1) is 11.3 Å². The third kappa shape index (κ3) is 7.07. The van der Waals surface area contributed by atoms with E-state index in [1.54, 1.807) is 12.1 Å². The lowest BCUT2D eigenvalue weighted by Crippen LogP contribution is -2.20. The molecule has 0 atom stereocenters. The lowest BCUT2D eigenvalue weighted by molar-refractivity contribution is 0.261. The van der Waals surface area contributed by atoms with Crippen molar-refractivity contribution in [1.82, 2.24) is 9.88 Å². The van der Waals surface area contributed by atoms with E-state index >= 15 is 0 Å². The van der Waals surface area contributed by atoms with Crippen LogP contribution in [-0.4, -0.2) is 43.0 Å². The smallest absolute Gasteiger partial charge is 0.211 e. The molecule has 0 aliphatic carbocycles. The van der Waals surface area contributed by atoms with Crippen molar-refractivity contribution in [2.75, 3.05) is 37.9 Å². The number of benzene rings is 2. The van der Waals surface area contributed by atoms with Gasteiger partial charge in [0.05, 0.1) is 17.3 Å². The number of hydrogen-bond acceptors (Lipinski definition) is 8. The maximum Gasteiger partial charge on any atom is 0.211 e. The zero-order valence-electron chi connectivity index (χ0n) is 19.6. The number of aliphatic imine (C=N–C) groups is 1. The van der Waals surface area contributed by atoms with E-state index in [0.717, 1.165) is 23.5 Å². The molecule has 1 aromatic heterocycles. The highest BCUT2D eigenvalue weighted by Gasteiger charge is 2.12. The lowest BCUT2D eigenvalue weighted by atomic mass is 10.1. The summed E-state index contributed by atoms with van der Waals surface area (Å²) in [6, 6.07) is 14.8. The molecule has 34 heavy (non-hydrogen) atoms. The van der Waals surface area contributed by atoms with Crippen molar-refractivity contribution in [2.24, 2.45) is 10.7 Å². The predicted molar refractivity (Wildman–Crippen MR) is 140 cm³/mol. The first kappa shape index (κ1) is 24.8. The molecule has 1 heterocycles. The Morgan fingerprint density at radius 2 is 2.00 bits per heavy atom. The SMILES string of the molecule is C=C(Nc1ccc(C#N)cc1)Nc1cc(OCCN(C)C)ccc1C(N)=Nc1ncc(CC)s1. The summed E-state index contributed by atoms with van der Waals surface area (Å²) in [6.07, 6.45) is 2.72. The van der Waals surface area contributed by atoms with Crippen LogP contribution in [0.15, 0.2) is 66.1 Å². The van der Waals surface area contributed by atoms with Gasteiger partial charge in [-0.15, -0.1) is 0 Å². The Bertz CT molecular complexity index is 1190. The molecule has 2 aromatic carbocycles. The van der Waals surface area contributed by atoms with Gasteiger partial charge in [-0.3, -0.25) is 0 Å². The molecule has 0 saturated heterocycles. The quantitative estimate of drug-likeness (QED) is 0.275. The summed E-state index contributed by atoms with van der Waals surface area (Å²) in [7, 11) is 4.00. The van der Waals surface area contributed by atoms with Crippen molar-refractivity contribution in [3.63, 3.8) is 0 Å². The van der Waals surface area contributed by atoms with E-state index in [-0.39, 0.29) is 0 Å². The highest BCUT2D eigenvalue weighted by molar-refractivity contribution is 7.15. The molecule has 9 heteroatoms. The first-order chi connectivity index (χ1) is 16.4. The zero-order valence-corrected chi connectivity index (χ0v) is 20.4. The minimum Gasteiger partial charge on any atom is -0.492 e. The minimum atomic E-state index is 0.338. The van der Waals surface area contributed by atoms with Gasteiger partial charge in [-0.05, 0) is 56.9 Å². The van der Waals surface area contributed by atoms with Crippen molar-refractivity contribution < 1.29 is 4.74 Å². The number of anilines is 2. The minimum absolute atomic E-state index is 0.338. The number of amidine groups is 1. The maximum atomic E-state index is 8.99. The van der Waals surface area contributed by atoms with Crippen LogP contribution in [-0.2, 0) is 6.42 Å². The Morgan fingerprint density at radius 1 is 1.24 bits per heavy atom. The molecule has 3 aromatic rings. The monoisotopic (exact) mass is 475 g/mol. The number of thiazole rings is 1. The van der Waals surface area contributed by atoms with E-state index in [2.05, 4.69) is 45.1 Å². The molecule has 176 valence electrons. The first-order valence-electron chi connectivity index (χ1n) is 10.8. The summed E-state index contributed by atoms with van der Waals surface area (Å²) in [6.45, 7) is 7.50. The second-order valence-corrected chi connectivity index (χ2v) is 8.83. The molecule has 3 rings (SSSR count). The summed E-state index contributed by atoms with van der Waals surface area (Å²) in [5.41, 5.74) is 9.17. The van der Waals surface area contributed by atoms with Gasteiger partial charge in [0.2, 0.25) is 5.13 Å². The van der Waals surface area contributed by atoms with E-state index < -0.39 is 0 Å². The molecule has 0 unspecified atom stereocenters. The van der Waals surface area contributed by atoms with Gasteiger partial charge < -0.3 is 26.0 Å². The largest absolute Gasteiger partial charge is 0.492 e. The number of aromatic nitrogens is 1. The van der Waals surface area contributed by atoms with Gasteiger partial charge in [-0.25, -0.2) is 9.98 Å². The molecule has 8 nitrogen and oxygen atoms in total. The summed E-state index contributed by atoms with van der Waals surface area (Å²) >= 11 is 1.52. The average molecular weight is 476 g/mol. The molecule has 4 N–H and O–H groups in total. The van der Waals surface area contributed by atoms with Crippen molar-refractivity contribution in [2.45, 2.75) is 13.3 Å². The predicted octanol–water partition coefficient (Wildman–Crippen LogP) is 4.55. The van der Waals surface area contributed by atoms with E-state index in [1.807, 2.05) is 50.6 Å². The van der Waals surface area contributed by atoms with Crippen molar-refractivity contribution in [1.29, 1.82) is 5.26 Å². The topological polar surface area (TPSA) is 112 Å². The number of likely N-dealkylation sites (N-methyl/N-ethyl adjacent to an activating group) is 1. The van der Waals surface area contributed by atoms with Gasteiger partial charge in [0.15, 0.2) is 0 Å². The molecule has 0 fully saturated rings. The van der Waals surface area contributed by atoms with Crippen LogP contribution in [0.5, 0.6) is 5.75 Å². The number of aryl methyl sites for hydroxylation is 1. The zero-order chi connectivity index (χ0) is 24.5. The average Bonchev–Trinajstić information content (AvgIpc) is 3.27. The molecule has 0 spiro atoms. The molecule has 0 aliphatic rings. The summed E-state index contributed by atoms with van der Waals surface area (Å²) in [4.78, 5) is 12.1. The van der Waals surface area contributed by atoms with E-state index in [0.29, 0.717) is 46.0 Å². The van der Waals surface area contributed by atoms with Crippen LogP contribution >= 0.6 is 11.3 Å². The van der Waals surface area contributed by atoms with Gasteiger partial charge in [0.25, 0.3) is 0 Å². The van der Waals surface area contributed by atoms with Gasteiger partial charge in [0.1, 0.15) is 24.0 Å². The Balaban J connectivity index is 1.83. The highest BCUT2D eigenvalue weighted by atomic mass is 32.1. The van der Waals surface area contributed by atoms with Crippen LogP contribution in [0.2, 0.25) is 0 Å². The Morgan fingerprint density at radius 3 is 2.65 bits per heavy atom. The van der Waals surface area contributed by atoms with E-state index in [1.165, 1.54) is 11.3 Å². The normalized spacial score (nSPS) is 11.2. The van der Waals surface area contributed by atoms with Crippen molar-refractivity contribution >= 4 is 33.7 Å². The van der Waals surface area contributed by atoms with E-state index in [9.17, 15) is 0 Å². The van der Waals surface area contributed by atoms with Crippen LogP contribution in [0.3, 0.4) is 0 Å². The molecule has 0 aliphatic heterocycles. The number of nitrogens with zero attached hydrogens (tertiary/aromatic N) is 4.